The molecule has 0 heterocycles. The average molecular weight is 294 g/mol. The van der Waals surface area contributed by atoms with E-state index in [9.17, 15) is 4.21 Å². The Labute approximate surface area is 115 Å². The fourth-order valence-electron chi connectivity index (χ4n) is 1.44. The first-order valence-electron chi connectivity index (χ1n) is 5.63. The molecule has 0 radical (unpaired) electrons. The summed E-state index contributed by atoms with van der Waals surface area (Å²) in [6.07, 6.45) is 2.68. The van der Waals surface area contributed by atoms with Gasteiger partial charge in [0.15, 0.2) is 0 Å². The first-order valence-corrected chi connectivity index (χ1v) is 7.71. The molecule has 17 heavy (non-hydrogen) atoms. The Morgan fingerprint density at radius 1 is 1.41 bits per heavy atom. The molecule has 96 valence electrons. The molecule has 2 N–H and O–H groups in total. The number of nitrogens with two attached hydrogens (primary N) is 1. The largest absolute Gasteiger partial charge is 0.328 e. The lowest BCUT2D eigenvalue weighted by Crippen LogP contribution is -2.19. The van der Waals surface area contributed by atoms with Crippen LogP contribution in [0.25, 0.3) is 0 Å². The van der Waals surface area contributed by atoms with Crippen LogP contribution in [0.1, 0.15) is 26.2 Å². The van der Waals surface area contributed by atoms with Crippen LogP contribution in [0.4, 0.5) is 0 Å². The van der Waals surface area contributed by atoms with Crippen LogP contribution in [0.15, 0.2) is 23.1 Å². The molecule has 0 aliphatic rings. The van der Waals surface area contributed by atoms with Crippen molar-refractivity contribution in [1.29, 1.82) is 0 Å². The molecular weight excluding hydrogens is 277 g/mol. The molecular formula is C12H17Cl2NOS. The molecule has 2 unspecified atom stereocenters. The van der Waals surface area contributed by atoms with E-state index < -0.39 is 10.8 Å². The van der Waals surface area contributed by atoms with Gasteiger partial charge in [0, 0.05) is 16.8 Å². The summed E-state index contributed by atoms with van der Waals surface area (Å²) in [7, 11) is -1.10. The smallest absolute Gasteiger partial charge is 0.0589 e. The Morgan fingerprint density at radius 3 is 2.76 bits per heavy atom. The number of benzene rings is 1. The van der Waals surface area contributed by atoms with Crippen LogP contribution in [-0.4, -0.2) is 16.0 Å². The van der Waals surface area contributed by atoms with Crippen molar-refractivity contribution >= 4 is 34.0 Å². The van der Waals surface area contributed by atoms with E-state index in [1.165, 1.54) is 0 Å². The van der Waals surface area contributed by atoms with Gasteiger partial charge in [0.2, 0.25) is 0 Å². The minimum atomic E-state index is -1.10. The molecule has 2 atom stereocenters. The van der Waals surface area contributed by atoms with Crippen molar-refractivity contribution in [2.24, 2.45) is 5.73 Å². The zero-order chi connectivity index (χ0) is 12.8. The highest BCUT2D eigenvalue weighted by atomic mass is 35.5. The van der Waals surface area contributed by atoms with E-state index in [2.05, 4.69) is 6.92 Å². The van der Waals surface area contributed by atoms with E-state index in [1.807, 2.05) is 0 Å². The fraction of sp³-hybridized carbons (Fsp3) is 0.500. The Bertz CT molecular complexity index is 398. The lowest BCUT2D eigenvalue weighted by Gasteiger charge is -2.08. The highest BCUT2D eigenvalue weighted by molar-refractivity contribution is 7.85. The van der Waals surface area contributed by atoms with Crippen molar-refractivity contribution in [2.75, 3.05) is 5.75 Å². The highest BCUT2D eigenvalue weighted by Crippen LogP contribution is 2.24. The third-order valence-corrected chi connectivity index (χ3v) is 4.73. The van der Waals surface area contributed by atoms with Gasteiger partial charge in [-0.05, 0) is 37.5 Å². The van der Waals surface area contributed by atoms with Crippen molar-refractivity contribution in [3.05, 3.63) is 28.2 Å². The second kappa shape index (κ2) is 7.37. The number of hydrogen-bond donors (Lipinski definition) is 1. The maximum atomic E-state index is 12.0. The molecule has 1 aromatic rings. The molecule has 1 aromatic carbocycles. The molecule has 0 saturated carbocycles. The van der Waals surface area contributed by atoms with Gasteiger partial charge in [-0.25, -0.2) is 0 Å². The molecule has 0 aliphatic heterocycles. The fourth-order valence-corrected chi connectivity index (χ4v) is 3.25. The summed E-state index contributed by atoms with van der Waals surface area (Å²) in [5.41, 5.74) is 5.81. The monoisotopic (exact) mass is 293 g/mol. The van der Waals surface area contributed by atoms with Gasteiger partial charge < -0.3 is 5.73 Å². The molecule has 0 bridgehead atoms. The van der Waals surface area contributed by atoms with Crippen LogP contribution >= 0.6 is 23.2 Å². The summed E-state index contributed by atoms with van der Waals surface area (Å²) in [4.78, 5) is 0.615. The lowest BCUT2D eigenvalue weighted by atomic mass is 10.1. The summed E-state index contributed by atoms with van der Waals surface area (Å²) < 4.78 is 12.0. The van der Waals surface area contributed by atoms with E-state index in [1.54, 1.807) is 18.2 Å². The zero-order valence-corrected chi connectivity index (χ0v) is 12.1. The molecule has 0 fully saturated rings. The predicted molar refractivity (Wildman–Crippen MR) is 75.2 cm³/mol. The van der Waals surface area contributed by atoms with Crippen molar-refractivity contribution in [3.63, 3.8) is 0 Å². The van der Waals surface area contributed by atoms with Crippen LogP contribution in [0.5, 0.6) is 0 Å². The maximum Gasteiger partial charge on any atom is 0.0589 e. The van der Waals surface area contributed by atoms with Gasteiger partial charge in [-0.15, -0.1) is 0 Å². The Balaban J connectivity index is 2.55. The minimum Gasteiger partial charge on any atom is -0.328 e. The van der Waals surface area contributed by atoms with Gasteiger partial charge in [0.05, 0.1) is 20.7 Å². The molecule has 2 nitrogen and oxygen atoms in total. The predicted octanol–water partition coefficient (Wildman–Crippen LogP) is 3.62. The van der Waals surface area contributed by atoms with Crippen molar-refractivity contribution in [2.45, 2.75) is 37.1 Å². The molecule has 0 amide bonds. The standard InChI is InChI=1S/C12H17Cl2NOS/c1-2-10(15)4-3-7-17(16)12-8-9(13)5-6-11(12)14/h5-6,8,10H,2-4,7,15H2,1H3. The second-order valence-electron chi connectivity index (χ2n) is 3.93. The first kappa shape index (κ1) is 15.0. The van der Waals surface area contributed by atoms with Crippen LogP contribution in [0, 0.1) is 0 Å². The topological polar surface area (TPSA) is 43.1 Å². The van der Waals surface area contributed by atoms with Crippen LogP contribution in [0.3, 0.4) is 0 Å². The van der Waals surface area contributed by atoms with Gasteiger partial charge in [0.25, 0.3) is 0 Å². The first-order chi connectivity index (χ1) is 8.04. The Morgan fingerprint density at radius 2 is 2.12 bits per heavy atom. The van der Waals surface area contributed by atoms with Crippen LogP contribution in [-0.2, 0) is 10.8 Å². The summed E-state index contributed by atoms with van der Waals surface area (Å²) in [6.45, 7) is 2.05. The van der Waals surface area contributed by atoms with Gasteiger partial charge in [-0.1, -0.05) is 30.1 Å². The van der Waals surface area contributed by atoms with Gasteiger partial charge in [-0.3, -0.25) is 4.21 Å². The molecule has 1 rings (SSSR count). The van der Waals surface area contributed by atoms with Crippen LogP contribution < -0.4 is 5.73 Å². The molecule has 5 heteroatoms. The quantitative estimate of drug-likeness (QED) is 0.870. The van der Waals surface area contributed by atoms with Crippen molar-refractivity contribution in [1.82, 2.24) is 0 Å². The van der Waals surface area contributed by atoms with E-state index in [4.69, 9.17) is 28.9 Å². The Kier molecular flexibility index (Phi) is 6.49. The summed E-state index contributed by atoms with van der Waals surface area (Å²) >= 11 is 11.8. The van der Waals surface area contributed by atoms with E-state index in [0.29, 0.717) is 20.7 Å². The third kappa shape index (κ3) is 4.96. The SMILES string of the molecule is CCC(N)CCCS(=O)c1cc(Cl)ccc1Cl. The van der Waals surface area contributed by atoms with Crippen molar-refractivity contribution in [3.8, 4) is 0 Å². The summed E-state index contributed by atoms with van der Waals surface area (Å²) in [5.74, 6) is 0.577. The number of hydrogen-bond acceptors (Lipinski definition) is 2. The molecule has 0 saturated heterocycles. The Hall–Kier alpha value is -0.0900. The van der Waals surface area contributed by atoms with Gasteiger partial charge >= 0.3 is 0 Å². The van der Waals surface area contributed by atoms with Crippen LogP contribution in [0.2, 0.25) is 10.0 Å². The normalized spacial score (nSPS) is 14.6. The van der Waals surface area contributed by atoms with Gasteiger partial charge in [-0.2, -0.15) is 0 Å². The minimum absolute atomic E-state index is 0.196. The highest BCUT2D eigenvalue weighted by Gasteiger charge is 2.10. The lowest BCUT2D eigenvalue weighted by molar-refractivity contribution is 0.586. The molecule has 0 aliphatic carbocycles. The zero-order valence-electron chi connectivity index (χ0n) is 9.79. The molecule has 0 aromatic heterocycles. The average Bonchev–Trinajstić information content (AvgIpc) is 2.31. The third-order valence-electron chi connectivity index (χ3n) is 2.57. The van der Waals surface area contributed by atoms with Crippen molar-refractivity contribution < 1.29 is 4.21 Å². The van der Waals surface area contributed by atoms with E-state index in [0.717, 1.165) is 19.3 Å². The number of halogens is 2. The molecule has 0 spiro atoms. The van der Waals surface area contributed by atoms with E-state index >= 15 is 0 Å². The van der Waals surface area contributed by atoms with Gasteiger partial charge in [0.1, 0.15) is 0 Å². The summed E-state index contributed by atoms with van der Waals surface area (Å²) in [6, 6.07) is 5.23. The maximum absolute atomic E-state index is 12.0. The summed E-state index contributed by atoms with van der Waals surface area (Å²) in [5, 5.41) is 1.07. The number of rotatable bonds is 6. The second-order valence-corrected chi connectivity index (χ2v) is 6.32. The van der Waals surface area contributed by atoms with E-state index in [-0.39, 0.29) is 6.04 Å².